The zero-order chi connectivity index (χ0) is 13.3. The van der Waals surface area contributed by atoms with E-state index >= 15 is 0 Å². The van der Waals surface area contributed by atoms with Crippen LogP contribution in [0, 0.1) is 0 Å². The third kappa shape index (κ3) is 3.33. The van der Waals surface area contributed by atoms with Gasteiger partial charge >= 0.3 is 0 Å². The van der Waals surface area contributed by atoms with Crippen molar-refractivity contribution >= 4 is 21.6 Å². The van der Waals surface area contributed by atoms with Gasteiger partial charge in [0.2, 0.25) is 10.0 Å². The molecule has 0 aliphatic heterocycles. The normalized spacial score (nSPS) is 15.2. The van der Waals surface area contributed by atoms with Crippen LogP contribution >= 0.6 is 0 Å². The van der Waals surface area contributed by atoms with Crippen LogP contribution in [0.3, 0.4) is 0 Å². The summed E-state index contributed by atoms with van der Waals surface area (Å²) < 4.78 is 30.0. The fourth-order valence-electron chi connectivity index (χ4n) is 1.36. The summed E-state index contributed by atoms with van der Waals surface area (Å²) in [6.45, 7) is 0. The molecule has 3 N–H and O–H groups in total. The summed E-state index contributed by atoms with van der Waals surface area (Å²) in [6.07, 6.45) is 4.41. The number of nitrogens with zero attached hydrogens (tertiary/aromatic N) is 1. The molecule has 1 aromatic heterocycles. The molecule has 1 aliphatic rings. The van der Waals surface area contributed by atoms with Gasteiger partial charge in [-0.2, -0.15) is 0 Å². The Hall–Kier alpha value is -1.83. The van der Waals surface area contributed by atoms with Crippen LogP contribution in [0.15, 0.2) is 12.3 Å². The minimum atomic E-state index is -3.52. The molecular formula is C10H13N3O4S. The van der Waals surface area contributed by atoms with E-state index in [-0.39, 0.29) is 17.5 Å². The van der Waals surface area contributed by atoms with E-state index in [0.29, 0.717) is 5.75 Å². The van der Waals surface area contributed by atoms with Crippen LogP contribution < -0.4 is 15.2 Å². The summed E-state index contributed by atoms with van der Waals surface area (Å²) in [6, 6.07) is 1.41. The lowest BCUT2D eigenvalue weighted by Crippen LogP contribution is -2.19. The number of carbonyl (C=O) groups is 1. The number of aromatic nitrogens is 1. The van der Waals surface area contributed by atoms with E-state index in [1.165, 1.54) is 12.3 Å². The van der Waals surface area contributed by atoms with Crippen molar-refractivity contribution in [3.63, 3.8) is 0 Å². The third-order valence-corrected chi connectivity index (χ3v) is 2.81. The Balaban J connectivity index is 2.33. The minimum absolute atomic E-state index is 0.0307. The summed E-state index contributed by atoms with van der Waals surface area (Å²) in [5.41, 5.74) is 5.02. The second-order valence-corrected chi connectivity index (χ2v) is 5.87. The zero-order valence-corrected chi connectivity index (χ0v) is 10.5. The number of primary amides is 1. The number of carbonyl (C=O) groups excluding carboxylic acids is 1. The smallest absolute Gasteiger partial charge is 0.269 e. The molecule has 1 saturated carbocycles. The Morgan fingerprint density at radius 1 is 1.56 bits per heavy atom. The molecule has 98 valence electrons. The van der Waals surface area contributed by atoms with E-state index in [1.807, 2.05) is 0 Å². The number of sulfonamides is 1. The van der Waals surface area contributed by atoms with E-state index in [9.17, 15) is 13.2 Å². The van der Waals surface area contributed by atoms with Crippen LogP contribution in [0.25, 0.3) is 0 Å². The molecule has 0 radical (unpaired) electrons. The molecule has 1 aliphatic carbocycles. The van der Waals surface area contributed by atoms with E-state index < -0.39 is 15.9 Å². The van der Waals surface area contributed by atoms with E-state index in [1.54, 1.807) is 0 Å². The number of rotatable bonds is 5. The molecule has 0 unspecified atom stereocenters. The highest BCUT2D eigenvalue weighted by molar-refractivity contribution is 7.92. The Morgan fingerprint density at radius 2 is 2.22 bits per heavy atom. The highest BCUT2D eigenvalue weighted by Crippen LogP contribution is 2.28. The van der Waals surface area contributed by atoms with Gasteiger partial charge in [0.1, 0.15) is 5.75 Å². The molecule has 1 fully saturated rings. The fourth-order valence-corrected chi connectivity index (χ4v) is 1.92. The second kappa shape index (κ2) is 4.45. The molecule has 1 aromatic rings. The lowest BCUT2D eigenvalue weighted by Gasteiger charge is -2.10. The van der Waals surface area contributed by atoms with Crippen LogP contribution in [0.1, 0.15) is 23.3 Å². The molecule has 2 rings (SSSR count). The molecule has 7 nitrogen and oxygen atoms in total. The maximum absolute atomic E-state index is 11.2. The van der Waals surface area contributed by atoms with Crippen molar-refractivity contribution in [2.75, 3.05) is 11.0 Å². The predicted molar refractivity (Wildman–Crippen MR) is 64.9 cm³/mol. The first-order valence-electron chi connectivity index (χ1n) is 5.29. The number of hydrogen-bond acceptors (Lipinski definition) is 5. The second-order valence-electron chi connectivity index (χ2n) is 4.12. The van der Waals surface area contributed by atoms with Crippen molar-refractivity contribution in [1.82, 2.24) is 4.98 Å². The number of hydrogen-bond donors (Lipinski definition) is 2. The van der Waals surface area contributed by atoms with Gasteiger partial charge in [-0.05, 0) is 12.8 Å². The van der Waals surface area contributed by atoms with Gasteiger partial charge in [-0.15, -0.1) is 0 Å². The van der Waals surface area contributed by atoms with Crippen molar-refractivity contribution in [2.24, 2.45) is 5.73 Å². The van der Waals surface area contributed by atoms with E-state index in [4.69, 9.17) is 10.5 Å². The number of pyridine rings is 1. The summed E-state index contributed by atoms with van der Waals surface area (Å²) in [5.74, 6) is -0.396. The van der Waals surface area contributed by atoms with Crippen LogP contribution in [0.2, 0.25) is 0 Å². The van der Waals surface area contributed by atoms with Gasteiger partial charge in [0.25, 0.3) is 5.91 Å². The van der Waals surface area contributed by atoms with Crippen molar-refractivity contribution in [2.45, 2.75) is 18.9 Å². The molecule has 0 aromatic carbocycles. The molecule has 0 bridgehead atoms. The number of ether oxygens (including phenoxy) is 1. The Labute approximate surface area is 104 Å². The van der Waals surface area contributed by atoms with Gasteiger partial charge in [0, 0.05) is 6.07 Å². The first-order valence-corrected chi connectivity index (χ1v) is 7.18. The summed E-state index contributed by atoms with van der Waals surface area (Å²) in [5, 5.41) is 0. The first-order chi connectivity index (χ1) is 8.35. The van der Waals surface area contributed by atoms with Gasteiger partial charge in [-0.1, -0.05) is 0 Å². The average molecular weight is 271 g/mol. The number of amides is 1. The number of anilines is 1. The van der Waals surface area contributed by atoms with Gasteiger partial charge in [-0.3, -0.25) is 9.52 Å². The molecule has 0 saturated heterocycles. The zero-order valence-electron chi connectivity index (χ0n) is 9.71. The molecule has 0 spiro atoms. The van der Waals surface area contributed by atoms with Crippen LogP contribution in [0.5, 0.6) is 5.75 Å². The molecule has 18 heavy (non-hydrogen) atoms. The molecular weight excluding hydrogens is 258 g/mol. The van der Waals surface area contributed by atoms with Gasteiger partial charge < -0.3 is 10.5 Å². The van der Waals surface area contributed by atoms with Crippen LogP contribution in [0.4, 0.5) is 5.69 Å². The van der Waals surface area contributed by atoms with E-state index in [2.05, 4.69) is 9.71 Å². The monoisotopic (exact) mass is 271 g/mol. The van der Waals surface area contributed by atoms with Gasteiger partial charge in [-0.25, -0.2) is 13.4 Å². The third-order valence-electron chi connectivity index (χ3n) is 2.22. The largest absolute Gasteiger partial charge is 0.489 e. The van der Waals surface area contributed by atoms with Gasteiger partial charge in [0.15, 0.2) is 5.69 Å². The number of nitrogens with one attached hydrogen (secondary N) is 1. The molecule has 8 heteroatoms. The molecule has 1 heterocycles. The highest BCUT2D eigenvalue weighted by atomic mass is 32.2. The van der Waals surface area contributed by atoms with Crippen molar-refractivity contribution < 1.29 is 17.9 Å². The van der Waals surface area contributed by atoms with Crippen LogP contribution in [-0.2, 0) is 10.0 Å². The highest BCUT2D eigenvalue weighted by Gasteiger charge is 2.24. The van der Waals surface area contributed by atoms with Crippen LogP contribution in [-0.4, -0.2) is 31.7 Å². The Morgan fingerprint density at radius 3 is 2.72 bits per heavy atom. The molecule has 0 atom stereocenters. The maximum atomic E-state index is 11.2. The van der Waals surface area contributed by atoms with Crippen molar-refractivity contribution in [3.8, 4) is 5.75 Å². The SMILES string of the molecule is CS(=O)(=O)Nc1cc(OC2CC2)cnc1C(N)=O. The Kier molecular flexibility index (Phi) is 3.12. The maximum Gasteiger partial charge on any atom is 0.269 e. The topological polar surface area (TPSA) is 111 Å². The lowest BCUT2D eigenvalue weighted by atomic mass is 10.3. The first kappa shape index (κ1) is 12.6. The van der Waals surface area contributed by atoms with Gasteiger partial charge in [0.05, 0.1) is 24.2 Å². The Bertz CT molecular complexity index is 581. The van der Waals surface area contributed by atoms with E-state index in [0.717, 1.165) is 19.1 Å². The fraction of sp³-hybridized carbons (Fsp3) is 0.400. The molecule has 1 amide bonds. The summed E-state index contributed by atoms with van der Waals surface area (Å²) in [7, 11) is -3.52. The number of nitrogens with two attached hydrogens (primary N) is 1. The summed E-state index contributed by atoms with van der Waals surface area (Å²) >= 11 is 0. The van der Waals surface area contributed by atoms with Crippen molar-refractivity contribution in [3.05, 3.63) is 18.0 Å². The quantitative estimate of drug-likeness (QED) is 0.788. The summed E-state index contributed by atoms with van der Waals surface area (Å²) in [4.78, 5) is 15.0. The lowest BCUT2D eigenvalue weighted by molar-refractivity contribution is 0.0996. The van der Waals surface area contributed by atoms with Crippen molar-refractivity contribution in [1.29, 1.82) is 0 Å². The minimum Gasteiger partial charge on any atom is -0.489 e. The standard InChI is InChI=1S/C10H13N3O4S/c1-18(15,16)13-8-4-7(17-6-2-3-6)5-12-9(8)10(11)14/h4-6,13H,2-3H2,1H3,(H2,11,14). The average Bonchev–Trinajstić information content (AvgIpc) is 2.98. The predicted octanol–water partition coefficient (Wildman–Crippen LogP) is 0.0932.